The average Bonchev–Trinajstić information content (AvgIpc) is 3.07. The molecule has 0 spiro atoms. The van der Waals surface area contributed by atoms with E-state index in [4.69, 9.17) is 9.47 Å². The molecule has 0 N–H and O–H groups in total. The molecular weight excluding hydrogens is 290 g/mol. The van der Waals surface area contributed by atoms with Crippen molar-refractivity contribution in [3.8, 4) is 28.4 Å². The number of hydrogen-bond donors (Lipinski definition) is 0. The second kappa shape index (κ2) is 6.12. The number of benzene rings is 2. The van der Waals surface area contributed by atoms with Crippen molar-refractivity contribution in [2.45, 2.75) is 13.8 Å². The molecule has 0 aliphatic heterocycles. The van der Waals surface area contributed by atoms with E-state index in [-0.39, 0.29) is 0 Å². The molecular formula is C18H19N3O2. The predicted octanol–water partition coefficient (Wildman–Crippen LogP) is 3.57. The van der Waals surface area contributed by atoms with Gasteiger partial charge >= 0.3 is 0 Å². The van der Waals surface area contributed by atoms with Crippen LogP contribution in [0.1, 0.15) is 11.1 Å². The fourth-order valence-corrected chi connectivity index (χ4v) is 2.53. The molecule has 0 saturated carbocycles. The van der Waals surface area contributed by atoms with E-state index in [2.05, 4.69) is 23.3 Å². The Morgan fingerprint density at radius 3 is 2.35 bits per heavy atom. The second-order valence-corrected chi connectivity index (χ2v) is 5.35. The van der Waals surface area contributed by atoms with Gasteiger partial charge in [0.1, 0.15) is 11.5 Å². The van der Waals surface area contributed by atoms with Crippen LogP contribution in [0.15, 0.2) is 42.6 Å². The molecule has 3 rings (SSSR count). The van der Waals surface area contributed by atoms with Crippen LogP contribution in [0, 0.1) is 13.8 Å². The van der Waals surface area contributed by atoms with E-state index in [9.17, 15) is 0 Å². The van der Waals surface area contributed by atoms with E-state index < -0.39 is 0 Å². The van der Waals surface area contributed by atoms with Crippen molar-refractivity contribution in [1.29, 1.82) is 0 Å². The quantitative estimate of drug-likeness (QED) is 0.739. The zero-order valence-electron chi connectivity index (χ0n) is 13.7. The van der Waals surface area contributed by atoms with Crippen LogP contribution in [0.5, 0.6) is 11.5 Å². The summed E-state index contributed by atoms with van der Waals surface area (Å²) in [4.78, 5) is 0. The Morgan fingerprint density at radius 1 is 0.957 bits per heavy atom. The highest BCUT2D eigenvalue weighted by atomic mass is 16.5. The van der Waals surface area contributed by atoms with Gasteiger partial charge in [0.05, 0.1) is 31.8 Å². The lowest BCUT2D eigenvalue weighted by atomic mass is 10.1. The normalized spacial score (nSPS) is 10.6. The summed E-state index contributed by atoms with van der Waals surface area (Å²) in [6, 6.07) is 11.9. The Morgan fingerprint density at radius 2 is 1.70 bits per heavy atom. The molecule has 5 nitrogen and oxygen atoms in total. The maximum atomic E-state index is 5.46. The highest BCUT2D eigenvalue weighted by molar-refractivity contribution is 5.63. The van der Waals surface area contributed by atoms with E-state index in [0.717, 1.165) is 39.6 Å². The van der Waals surface area contributed by atoms with Gasteiger partial charge in [0, 0.05) is 11.6 Å². The molecule has 3 aromatic rings. The Hall–Kier alpha value is -2.82. The maximum Gasteiger partial charge on any atom is 0.124 e. The number of ether oxygens (including phenoxy) is 2. The van der Waals surface area contributed by atoms with Crippen molar-refractivity contribution >= 4 is 0 Å². The third-order valence-electron chi connectivity index (χ3n) is 4.00. The number of rotatable bonds is 4. The standard InChI is InChI=1S/C18H19N3O2/c1-12-9-15(10-18(23-4)13(12)2)21-17(11-19-20-21)14-5-7-16(22-3)8-6-14/h5-11H,1-4H3. The third-order valence-corrected chi connectivity index (χ3v) is 4.00. The van der Waals surface area contributed by atoms with E-state index in [1.165, 1.54) is 0 Å². The van der Waals surface area contributed by atoms with Crippen molar-refractivity contribution in [3.05, 3.63) is 53.7 Å². The first-order chi connectivity index (χ1) is 11.1. The van der Waals surface area contributed by atoms with E-state index in [1.807, 2.05) is 41.9 Å². The molecule has 0 bridgehead atoms. The summed E-state index contributed by atoms with van der Waals surface area (Å²) in [5.41, 5.74) is 5.14. The smallest absolute Gasteiger partial charge is 0.124 e. The summed E-state index contributed by atoms with van der Waals surface area (Å²) in [7, 11) is 3.33. The van der Waals surface area contributed by atoms with Crippen molar-refractivity contribution in [1.82, 2.24) is 15.0 Å². The van der Waals surface area contributed by atoms with E-state index in [1.54, 1.807) is 20.4 Å². The summed E-state index contributed by atoms with van der Waals surface area (Å²) in [6.07, 6.45) is 1.75. The van der Waals surface area contributed by atoms with Crippen LogP contribution in [0.25, 0.3) is 16.9 Å². The zero-order valence-corrected chi connectivity index (χ0v) is 13.7. The monoisotopic (exact) mass is 309 g/mol. The number of nitrogens with zero attached hydrogens (tertiary/aromatic N) is 3. The molecule has 0 saturated heterocycles. The minimum Gasteiger partial charge on any atom is -0.497 e. The second-order valence-electron chi connectivity index (χ2n) is 5.35. The Balaban J connectivity index is 2.09. The van der Waals surface area contributed by atoms with Gasteiger partial charge in [-0.15, -0.1) is 5.10 Å². The predicted molar refractivity (Wildman–Crippen MR) is 89.4 cm³/mol. The molecule has 0 atom stereocenters. The molecule has 0 aliphatic carbocycles. The highest BCUT2D eigenvalue weighted by Crippen LogP contribution is 2.28. The minimum atomic E-state index is 0.820. The first-order valence-electron chi connectivity index (χ1n) is 7.34. The molecule has 0 radical (unpaired) electrons. The summed E-state index contributed by atoms with van der Waals surface area (Å²) in [5, 5.41) is 8.30. The van der Waals surface area contributed by atoms with Crippen molar-refractivity contribution in [2.75, 3.05) is 14.2 Å². The van der Waals surface area contributed by atoms with Gasteiger partial charge in [0.15, 0.2) is 0 Å². The van der Waals surface area contributed by atoms with Crippen LogP contribution >= 0.6 is 0 Å². The largest absolute Gasteiger partial charge is 0.497 e. The highest BCUT2D eigenvalue weighted by Gasteiger charge is 2.12. The van der Waals surface area contributed by atoms with Gasteiger partial charge < -0.3 is 9.47 Å². The molecule has 0 amide bonds. The molecule has 0 unspecified atom stereocenters. The number of methoxy groups -OCH3 is 2. The van der Waals surface area contributed by atoms with Gasteiger partial charge in [-0.2, -0.15) is 0 Å². The third kappa shape index (κ3) is 2.77. The van der Waals surface area contributed by atoms with E-state index in [0.29, 0.717) is 0 Å². The number of aromatic nitrogens is 3. The van der Waals surface area contributed by atoms with Crippen molar-refractivity contribution in [2.24, 2.45) is 0 Å². The van der Waals surface area contributed by atoms with Crippen LogP contribution in [0.2, 0.25) is 0 Å². The van der Waals surface area contributed by atoms with Crippen molar-refractivity contribution in [3.63, 3.8) is 0 Å². The molecule has 0 fully saturated rings. The molecule has 118 valence electrons. The van der Waals surface area contributed by atoms with Gasteiger partial charge in [-0.3, -0.25) is 0 Å². The SMILES string of the molecule is COc1ccc(-c2cnnn2-c2cc(C)c(C)c(OC)c2)cc1. The molecule has 2 aromatic carbocycles. The fourth-order valence-electron chi connectivity index (χ4n) is 2.53. The Kier molecular flexibility index (Phi) is 4.02. The summed E-state index contributed by atoms with van der Waals surface area (Å²) in [5.74, 6) is 1.66. The fraction of sp³-hybridized carbons (Fsp3) is 0.222. The zero-order chi connectivity index (χ0) is 16.4. The van der Waals surface area contributed by atoms with Crippen molar-refractivity contribution < 1.29 is 9.47 Å². The van der Waals surface area contributed by atoms with Gasteiger partial charge in [-0.1, -0.05) is 5.21 Å². The van der Waals surface area contributed by atoms with Gasteiger partial charge in [0.25, 0.3) is 0 Å². The van der Waals surface area contributed by atoms with Gasteiger partial charge in [0.2, 0.25) is 0 Å². The summed E-state index contributed by atoms with van der Waals surface area (Å²) >= 11 is 0. The van der Waals surface area contributed by atoms with Crippen LogP contribution in [-0.2, 0) is 0 Å². The van der Waals surface area contributed by atoms with Gasteiger partial charge in [-0.25, -0.2) is 4.68 Å². The topological polar surface area (TPSA) is 49.2 Å². The van der Waals surface area contributed by atoms with Crippen LogP contribution in [0.4, 0.5) is 0 Å². The Bertz CT molecular complexity index is 823. The first-order valence-corrected chi connectivity index (χ1v) is 7.34. The number of aryl methyl sites for hydroxylation is 1. The summed E-state index contributed by atoms with van der Waals surface area (Å²) < 4.78 is 12.5. The number of hydrogen-bond acceptors (Lipinski definition) is 4. The lowest BCUT2D eigenvalue weighted by Gasteiger charge is -2.12. The van der Waals surface area contributed by atoms with Crippen LogP contribution < -0.4 is 9.47 Å². The molecule has 1 heterocycles. The maximum absolute atomic E-state index is 5.46. The lowest BCUT2D eigenvalue weighted by Crippen LogP contribution is -2.02. The average molecular weight is 309 g/mol. The first kappa shape index (κ1) is 15.1. The summed E-state index contributed by atoms with van der Waals surface area (Å²) in [6.45, 7) is 4.11. The van der Waals surface area contributed by atoms with E-state index >= 15 is 0 Å². The van der Waals surface area contributed by atoms with Crippen LogP contribution in [-0.4, -0.2) is 29.2 Å². The molecule has 5 heteroatoms. The molecule has 1 aromatic heterocycles. The lowest BCUT2D eigenvalue weighted by molar-refractivity contribution is 0.411. The molecule has 0 aliphatic rings. The minimum absolute atomic E-state index is 0.820. The Labute approximate surface area is 135 Å². The molecule has 23 heavy (non-hydrogen) atoms. The van der Waals surface area contributed by atoms with Gasteiger partial charge in [-0.05, 0) is 55.3 Å². The van der Waals surface area contributed by atoms with Crippen LogP contribution in [0.3, 0.4) is 0 Å².